The van der Waals surface area contributed by atoms with Crippen LogP contribution in [0.3, 0.4) is 0 Å². The van der Waals surface area contributed by atoms with E-state index in [1.807, 2.05) is 6.92 Å². The monoisotopic (exact) mass is 284 g/mol. The molecule has 1 aliphatic rings. The molecule has 2 atom stereocenters. The molecule has 2 amide bonds. The number of carboxylic acid groups (broad SMARTS) is 1. The molecule has 0 aliphatic heterocycles. The zero-order valence-electron chi connectivity index (χ0n) is 12.7. The van der Waals surface area contributed by atoms with Crippen LogP contribution in [-0.2, 0) is 4.79 Å². The standard InChI is InChI=1S/C15H28N2O3/c1-3-13(12-7-5-4-6-8-12)17-15(20)16-10-11(2)9-14(18)19/h11-13H,3-10H2,1-2H3,(H,18,19)(H2,16,17,20). The van der Waals surface area contributed by atoms with Crippen LogP contribution in [0.5, 0.6) is 0 Å². The number of carbonyl (C=O) groups is 2. The maximum Gasteiger partial charge on any atom is 0.315 e. The molecule has 5 nitrogen and oxygen atoms in total. The highest BCUT2D eigenvalue weighted by atomic mass is 16.4. The molecule has 1 fully saturated rings. The van der Waals surface area contributed by atoms with Crippen LogP contribution in [0.2, 0.25) is 0 Å². The lowest BCUT2D eigenvalue weighted by atomic mass is 9.83. The lowest BCUT2D eigenvalue weighted by Crippen LogP contribution is -2.46. The van der Waals surface area contributed by atoms with Gasteiger partial charge >= 0.3 is 12.0 Å². The summed E-state index contributed by atoms with van der Waals surface area (Å²) in [5, 5.41) is 14.5. The summed E-state index contributed by atoms with van der Waals surface area (Å²) in [6.45, 7) is 4.33. The van der Waals surface area contributed by atoms with E-state index in [-0.39, 0.29) is 24.4 Å². The molecular formula is C15H28N2O3. The third-order valence-electron chi connectivity index (χ3n) is 4.11. The molecule has 3 N–H and O–H groups in total. The van der Waals surface area contributed by atoms with E-state index in [1.54, 1.807) is 0 Å². The van der Waals surface area contributed by atoms with Gasteiger partial charge in [0, 0.05) is 19.0 Å². The smallest absolute Gasteiger partial charge is 0.315 e. The fourth-order valence-electron chi connectivity index (χ4n) is 2.95. The molecule has 1 rings (SSSR count). The Balaban J connectivity index is 2.29. The van der Waals surface area contributed by atoms with Crippen molar-refractivity contribution in [3.63, 3.8) is 0 Å². The quantitative estimate of drug-likeness (QED) is 0.672. The number of amides is 2. The fourth-order valence-corrected chi connectivity index (χ4v) is 2.95. The molecule has 0 bridgehead atoms. The van der Waals surface area contributed by atoms with E-state index in [1.165, 1.54) is 32.1 Å². The van der Waals surface area contributed by atoms with Gasteiger partial charge in [0.25, 0.3) is 0 Å². The summed E-state index contributed by atoms with van der Waals surface area (Å²) in [6.07, 6.45) is 7.28. The third-order valence-corrected chi connectivity index (χ3v) is 4.11. The highest BCUT2D eigenvalue weighted by molar-refractivity contribution is 5.74. The first-order valence-corrected chi connectivity index (χ1v) is 7.79. The van der Waals surface area contributed by atoms with Crippen molar-refractivity contribution in [1.82, 2.24) is 10.6 Å². The largest absolute Gasteiger partial charge is 0.481 e. The van der Waals surface area contributed by atoms with E-state index in [9.17, 15) is 9.59 Å². The molecular weight excluding hydrogens is 256 g/mol. The number of rotatable bonds is 7. The van der Waals surface area contributed by atoms with Crippen molar-refractivity contribution < 1.29 is 14.7 Å². The molecule has 1 aliphatic carbocycles. The highest BCUT2D eigenvalue weighted by Gasteiger charge is 2.23. The average molecular weight is 284 g/mol. The Morgan fingerprint density at radius 1 is 1.25 bits per heavy atom. The maximum atomic E-state index is 11.9. The summed E-state index contributed by atoms with van der Waals surface area (Å²) < 4.78 is 0. The zero-order valence-corrected chi connectivity index (χ0v) is 12.7. The van der Waals surface area contributed by atoms with Crippen molar-refractivity contribution in [1.29, 1.82) is 0 Å². The van der Waals surface area contributed by atoms with Crippen LogP contribution in [0.15, 0.2) is 0 Å². The number of nitrogens with one attached hydrogen (secondary N) is 2. The van der Waals surface area contributed by atoms with E-state index in [2.05, 4.69) is 17.6 Å². The SMILES string of the molecule is CCC(NC(=O)NCC(C)CC(=O)O)C1CCCCC1. The van der Waals surface area contributed by atoms with Gasteiger partial charge in [-0.1, -0.05) is 33.1 Å². The van der Waals surface area contributed by atoms with Gasteiger partial charge in [-0.2, -0.15) is 0 Å². The minimum atomic E-state index is -0.826. The molecule has 0 saturated heterocycles. The normalized spacial score (nSPS) is 19.1. The molecule has 116 valence electrons. The summed E-state index contributed by atoms with van der Waals surface area (Å²) in [4.78, 5) is 22.4. The van der Waals surface area contributed by atoms with E-state index in [4.69, 9.17) is 5.11 Å². The molecule has 0 aromatic heterocycles. The Hall–Kier alpha value is -1.26. The highest BCUT2D eigenvalue weighted by Crippen LogP contribution is 2.27. The number of hydrogen-bond acceptors (Lipinski definition) is 2. The lowest BCUT2D eigenvalue weighted by Gasteiger charge is -2.30. The van der Waals surface area contributed by atoms with Gasteiger partial charge in [0.05, 0.1) is 0 Å². The molecule has 0 radical (unpaired) electrons. The summed E-state index contributed by atoms with van der Waals surface area (Å²) in [7, 11) is 0. The Labute approximate surface area is 121 Å². The van der Waals surface area contributed by atoms with Gasteiger partial charge < -0.3 is 15.7 Å². The minimum Gasteiger partial charge on any atom is -0.481 e. The van der Waals surface area contributed by atoms with Gasteiger partial charge in [-0.25, -0.2) is 4.79 Å². The predicted molar refractivity (Wildman–Crippen MR) is 78.6 cm³/mol. The van der Waals surface area contributed by atoms with Crippen molar-refractivity contribution in [3.8, 4) is 0 Å². The number of hydrogen-bond donors (Lipinski definition) is 3. The van der Waals surface area contributed by atoms with Crippen molar-refractivity contribution >= 4 is 12.0 Å². The van der Waals surface area contributed by atoms with Gasteiger partial charge in [0.1, 0.15) is 0 Å². The van der Waals surface area contributed by atoms with Gasteiger partial charge in [0.2, 0.25) is 0 Å². The van der Waals surface area contributed by atoms with Gasteiger partial charge in [-0.15, -0.1) is 0 Å². The Morgan fingerprint density at radius 3 is 2.45 bits per heavy atom. The second kappa shape index (κ2) is 8.82. The number of carboxylic acids is 1. The van der Waals surface area contributed by atoms with E-state index in [0.29, 0.717) is 12.5 Å². The van der Waals surface area contributed by atoms with Crippen molar-refractivity contribution in [2.24, 2.45) is 11.8 Å². The minimum absolute atomic E-state index is 0.0481. The van der Waals surface area contributed by atoms with Crippen molar-refractivity contribution in [2.45, 2.75) is 64.8 Å². The summed E-state index contributed by atoms with van der Waals surface area (Å²) in [5.74, 6) is -0.280. The van der Waals surface area contributed by atoms with Crippen LogP contribution in [0, 0.1) is 11.8 Å². The van der Waals surface area contributed by atoms with Crippen LogP contribution in [0.25, 0.3) is 0 Å². The second-order valence-electron chi connectivity index (χ2n) is 5.97. The fraction of sp³-hybridized carbons (Fsp3) is 0.867. The van der Waals surface area contributed by atoms with Crippen molar-refractivity contribution in [3.05, 3.63) is 0 Å². The van der Waals surface area contributed by atoms with Gasteiger partial charge in [-0.05, 0) is 31.1 Å². The third kappa shape index (κ3) is 6.26. The molecule has 0 aromatic carbocycles. The predicted octanol–water partition coefficient (Wildman–Crippen LogP) is 2.76. The van der Waals surface area contributed by atoms with E-state index >= 15 is 0 Å². The second-order valence-corrected chi connectivity index (χ2v) is 5.97. The Morgan fingerprint density at radius 2 is 1.90 bits per heavy atom. The first kappa shape index (κ1) is 16.8. The number of urea groups is 1. The maximum absolute atomic E-state index is 11.9. The lowest BCUT2D eigenvalue weighted by molar-refractivity contribution is -0.137. The van der Waals surface area contributed by atoms with Gasteiger partial charge in [0.15, 0.2) is 0 Å². The van der Waals surface area contributed by atoms with Crippen molar-refractivity contribution in [2.75, 3.05) is 6.54 Å². The first-order chi connectivity index (χ1) is 9.52. The summed E-state index contributed by atoms with van der Waals surface area (Å²) in [5.41, 5.74) is 0. The zero-order chi connectivity index (χ0) is 15.0. The van der Waals surface area contributed by atoms with E-state index in [0.717, 1.165) is 6.42 Å². The Bertz CT molecular complexity index is 314. The molecule has 0 heterocycles. The molecule has 2 unspecified atom stereocenters. The van der Waals surface area contributed by atoms with Gasteiger partial charge in [-0.3, -0.25) is 4.79 Å². The molecule has 1 saturated carbocycles. The molecule has 5 heteroatoms. The van der Waals surface area contributed by atoms with Crippen LogP contribution in [0.4, 0.5) is 4.79 Å². The number of carbonyl (C=O) groups excluding carboxylic acids is 1. The van der Waals surface area contributed by atoms with Crippen LogP contribution < -0.4 is 10.6 Å². The first-order valence-electron chi connectivity index (χ1n) is 7.79. The topological polar surface area (TPSA) is 78.4 Å². The molecule has 0 aromatic rings. The number of aliphatic carboxylic acids is 1. The molecule has 0 spiro atoms. The summed E-state index contributed by atoms with van der Waals surface area (Å²) in [6, 6.07) is 0.0738. The van der Waals surface area contributed by atoms with Crippen LogP contribution >= 0.6 is 0 Å². The van der Waals surface area contributed by atoms with Crippen LogP contribution in [0.1, 0.15) is 58.8 Å². The summed E-state index contributed by atoms with van der Waals surface area (Å²) >= 11 is 0. The molecule has 20 heavy (non-hydrogen) atoms. The van der Waals surface area contributed by atoms with Crippen LogP contribution in [-0.4, -0.2) is 29.7 Å². The average Bonchev–Trinajstić information content (AvgIpc) is 2.43. The van der Waals surface area contributed by atoms with E-state index < -0.39 is 5.97 Å². The Kier molecular flexibility index (Phi) is 7.41.